The van der Waals surface area contributed by atoms with Gasteiger partial charge in [0.15, 0.2) is 0 Å². The van der Waals surface area contributed by atoms with Crippen LogP contribution in [-0.4, -0.2) is 46.2 Å². The number of carbonyl (C=O) groups excluding carboxylic acids is 1. The molecule has 2 rings (SSSR count). The Bertz CT molecular complexity index is 511. The third kappa shape index (κ3) is 5.33. The molecule has 1 N–H and O–H groups in total. The van der Waals surface area contributed by atoms with E-state index in [2.05, 4.69) is 15.3 Å². The van der Waals surface area contributed by atoms with E-state index in [1.54, 1.807) is 17.2 Å². The lowest BCUT2D eigenvalue weighted by molar-refractivity contribution is 0.0188. The number of halogens is 1. The molecule has 1 fully saturated rings. The monoisotopic (exact) mass is 326 g/mol. The van der Waals surface area contributed by atoms with Crippen molar-refractivity contribution < 1.29 is 9.53 Å². The Balaban J connectivity index is 1.74. The highest BCUT2D eigenvalue weighted by Gasteiger charge is 2.26. The van der Waals surface area contributed by atoms with Crippen molar-refractivity contribution in [2.45, 2.75) is 39.2 Å². The molecule has 1 amide bonds. The van der Waals surface area contributed by atoms with E-state index in [4.69, 9.17) is 16.3 Å². The number of aromatic nitrogens is 2. The molecule has 22 heavy (non-hydrogen) atoms. The molecule has 1 aromatic heterocycles. The smallest absolute Gasteiger partial charge is 0.410 e. The van der Waals surface area contributed by atoms with Gasteiger partial charge in [-0.05, 0) is 57.2 Å². The topological polar surface area (TPSA) is 67.3 Å². The van der Waals surface area contributed by atoms with Crippen molar-refractivity contribution in [3.05, 3.63) is 17.5 Å². The van der Waals surface area contributed by atoms with Gasteiger partial charge in [0.1, 0.15) is 11.4 Å². The fourth-order valence-electron chi connectivity index (χ4n) is 2.33. The van der Waals surface area contributed by atoms with Gasteiger partial charge in [0.25, 0.3) is 0 Å². The lowest BCUT2D eigenvalue weighted by Crippen LogP contribution is -2.42. The zero-order chi connectivity index (χ0) is 16.2. The van der Waals surface area contributed by atoms with E-state index < -0.39 is 5.60 Å². The minimum atomic E-state index is -0.443. The second kappa shape index (κ2) is 7.13. The van der Waals surface area contributed by atoms with Crippen molar-refractivity contribution in [1.82, 2.24) is 14.9 Å². The summed E-state index contributed by atoms with van der Waals surface area (Å²) in [7, 11) is 0. The zero-order valence-corrected chi connectivity index (χ0v) is 14.1. The Hall–Kier alpha value is -1.56. The SMILES string of the molecule is CC(C)(C)OC(=O)N1CCC(CNc2ccnc(Cl)n2)CC1. The van der Waals surface area contributed by atoms with Crippen LogP contribution in [0.1, 0.15) is 33.6 Å². The van der Waals surface area contributed by atoms with E-state index >= 15 is 0 Å². The summed E-state index contributed by atoms with van der Waals surface area (Å²) in [6.45, 7) is 7.92. The summed E-state index contributed by atoms with van der Waals surface area (Å²) in [6.07, 6.45) is 3.31. The predicted octanol–water partition coefficient (Wildman–Crippen LogP) is 3.19. The molecule has 1 aromatic rings. The minimum absolute atomic E-state index is 0.221. The lowest BCUT2D eigenvalue weighted by Gasteiger charge is -2.33. The van der Waals surface area contributed by atoms with Crippen molar-refractivity contribution in [2.75, 3.05) is 25.0 Å². The first-order chi connectivity index (χ1) is 10.3. The highest BCUT2D eigenvalue weighted by atomic mass is 35.5. The first kappa shape index (κ1) is 16.8. The molecule has 0 aliphatic carbocycles. The Morgan fingerprint density at radius 1 is 1.45 bits per heavy atom. The van der Waals surface area contributed by atoms with E-state index in [1.165, 1.54) is 0 Å². The van der Waals surface area contributed by atoms with E-state index in [-0.39, 0.29) is 11.4 Å². The second-order valence-electron chi connectivity index (χ2n) is 6.50. The molecule has 0 bridgehead atoms. The van der Waals surface area contributed by atoms with Gasteiger partial charge in [-0.25, -0.2) is 14.8 Å². The van der Waals surface area contributed by atoms with Crippen LogP contribution in [0.2, 0.25) is 5.28 Å². The van der Waals surface area contributed by atoms with Crippen molar-refractivity contribution in [2.24, 2.45) is 5.92 Å². The number of anilines is 1. The molecule has 0 atom stereocenters. The lowest BCUT2D eigenvalue weighted by atomic mass is 9.97. The number of nitrogens with one attached hydrogen (secondary N) is 1. The van der Waals surface area contributed by atoms with Gasteiger partial charge < -0.3 is 15.0 Å². The van der Waals surface area contributed by atoms with Crippen molar-refractivity contribution in [3.8, 4) is 0 Å². The maximum absolute atomic E-state index is 12.0. The van der Waals surface area contributed by atoms with Crippen LogP contribution in [0.25, 0.3) is 0 Å². The third-order valence-corrected chi connectivity index (χ3v) is 3.65. The predicted molar refractivity (Wildman–Crippen MR) is 86.1 cm³/mol. The summed E-state index contributed by atoms with van der Waals surface area (Å²) in [5, 5.41) is 3.51. The van der Waals surface area contributed by atoms with Gasteiger partial charge in [0.2, 0.25) is 5.28 Å². The largest absolute Gasteiger partial charge is 0.444 e. The molecule has 0 spiro atoms. The number of rotatable bonds is 3. The first-order valence-corrected chi connectivity index (χ1v) is 7.91. The maximum atomic E-state index is 12.0. The second-order valence-corrected chi connectivity index (χ2v) is 6.84. The number of ether oxygens (including phenoxy) is 1. The molecule has 122 valence electrons. The van der Waals surface area contributed by atoms with Crippen LogP contribution >= 0.6 is 11.6 Å². The number of hydrogen-bond donors (Lipinski definition) is 1. The van der Waals surface area contributed by atoms with Crippen LogP contribution in [0.4, 0.5) is 10.6 Å². The van der Waals surface area contributed by atoms with Crippen molar-refractivity contribution >= 4 is 23.5 Å². The molecule has 7 heteroatoms. The van der Waals surface area contributed by atoms with E-state index in [0.717, 1.165) is 38.3 Å². The molecule has 0 unspecified atom stereocenters. The molecule has 1 aliphatic heterocycles. The van der Waals surface area contributed by atoms with Crippen LogP contribution < -0.4 is 5.32 Å². The van der Waals surface area contributed by atoms with Crippen LogP contribution in [0, 0.1) is 5.92 Å². The maximum Gasteiger partial charge on any atom is 0.410 e. The van der Waals surface area contributed by atoms with Crippen LogP contribution in [0.15, 0.2) is 12.3 Å². The van der Waals surface area contributed by atoms with Gasteiger partial charge in [0, 0.05) is 25.8 Å². The average molecular weight is 327 g/mol. The standard InChI is InChI=1S/C15H23ClN4O2/c1-15(2,3)22-14(21)20-8-5-11(6-9-20)10-18-12-4-7-17-13(16)19-12/h4,7,11H,5-6,8-10H2,1-3H3,(H,17,18,19). The molecule has 0 radical (unpaired) electrons. The molecule has 6 nitrogen and oxygen atoms in total. The molecular formula is C15H23ClN4O2. The first-order valence-electron chi connectivity index (χ1n) is 7.54. The summed E-state index contributed by atoms with van der Waals surface area (Å²) in [6, 6.07) is 1.79. The summed E-state index contributed by atoms with van der Waals surface area (Å²) in [5.41, 5.74) is -0.443. The summed E-state index contributed by atoms with van der Waals surface area (Å²) < 4.78 is 5.39. The Morgan fingerprint density at radius 2 is 2.14 bits per heavy atom. The quantitative estimate of drug-likeness (QED) is 0.864. The Morgan fingerprint density at radius 3 is 2.73 bits per heavy atom. The number of amides is 1. The summed E-state index contributed by atoms with van der Waals surface area (Å²) in [5.74, 6) is 1.24. The van der Waals surface area contributed by atoms with Crippen LogP contribution in [0.5, 0.6) is 0 Å². The minimum Gasteiger partial charge on any atom is -0.444 e. The molecule has 1 saturated heterocycles. The van der Waals surface area contributed by atoms with Gasteiger partial charge >= 0.3 is 6.09 Å². The highest BCUT2D eigenvalue weighted by molar-refractivity contribution is 6.28. The van der Waals surface area contributed by atoms with Gasteiger partial charge in [0.05, 0.1) is 0 Å². The average Bonchev–Trinajstić information content (AvgIpc) is 2.44. The van der Waals surface area contributed by atoms with Crippen molar-refractivity contribution in [1.29, 1.82) is 0 Å². The molecular weight excluding hydrogens is 304 g/mol. The zero-order valence-electron chi connectivity index (χ0n) is 13.3. The summed E-state index contributed by atoms with van der Waals surface area (Å²) >= 11 is 5.75. The number of piperidine rings is 1. The Labute approximate surface area is 136 Å². The fourth-order valence-corrected chi connectivity index (χ4v) is 2.48. The van der Waals surface area contributed by atoms with E-state index in [1.807, 2.05) is 20.8 Å². The van der Waals surface area contributed by atoms with Gasteiger partial charge in [-0.15, -0.1) is 0 Å². The van der Waals surface area contributed by atoms with Crippen molar-refractivity contribution in [3.63, 3.8) is 0 Å². The van der Waals surface area contributed by atoms with Crippen LogP contribution in [0.3, 0.4) is 0 Å². The van der Waals surface area contributed by atoms with Gasteiger partial charge in [-0.3, -0.25) is 0 Å². The molecule has 0 aromatic carbocycles. The molecule has 1 aliphatic rings. The van der Waals surface area contributed by atoms with Gasteiger partial charge in [-0.2, -0.15) is 0 Å². The normalized spacial score (nSPS) is 16.5. The van der Waals surface area contributed by atoms with Crippen LogP contribution in [-0.2, 0) is 4.74 Å². The van der Waals surface area contributed by atoms with Gasteiger partial charge in [-0.1, -0.05) is 0 Å². The number of nitrogens with zero attached hydrogens (tertiary/aromatic N) is 3. The molecule has 0 saturated carbocycles. The number of hydrogen-bond acceptors (Lipinski definition) is 5. The summed E-state index contributed by atoms with van der Waals surface area (Å²) in [4.78, 5) is 21.7. The van der Waals surface area contributed by atoms with E-state index in [9.17, 15) is 4.79 Å². The highest BCUT2D eigenvalue weighted by Crippen LogP contribution is 2.20. The number of likely N-dealkylation sites (tertiary alicyclic amines) is 1. The fraction of sp³-hybridized carbons (Fsp3) is 0.667. The third-order valence-electron chi connectivity index (χ3n) is 3.46. The Kier molecular flexibility index (Phi) is 5.45. The molecule has 2 heterocycles. The van der Waals surface area contributed by atoms with E-state index in [0.29, 0.717) is 5.92 Å². The number of carbonyl (C=O) groups is 1.